The number of ether oxygens (including phenoxy) is 1. The van der Waals surface area contributed by atoms with Crippen LogP contribution >= 0.6 is 0 Å². The van der Waals surface area contributed by atoms with Crippen molar-refractivity contribution >= 4 is 0 Å². The number of pyridine rings is 2. The van der Waals surface area contributed by atoms with Crippen LogP contribution in [0, 0.1) is 13.8 Å². The third kappa shape index (κ3) is 3.77. The second-order valence-corrected chi connectivity index (χ2v) is 5.03. The maximum atomic E-state index is 5.75. The average Bonchev–Trinajstić information content (AvgIpc) is 2.48. The first-order chi connectivity index (χ1) is 10.2. The highest BCUT2D eigenvalue weighted by atomic mass is 16.5. The van der Waals surface area contributed by atoms with Crippen molar-refractivity contribution < 1.29 is 4.74 Å². The lowest BCUT2D eigenvalue weighted by molar-refractivity contribution is 0.315. The maximum absolute atomic E-state index is 5.75. The molecular weight excluding hydrogens is 264 g/mol. The zero-order valence-corrected chi connectivity index (χ0v) is 12.8. The summed E-state index contributed by atoms with van der Waals surface area (Å²) in [5.41, 5.74) is 6.79. The minimum Gasteiger partial charge on any atom is -0.492 e. The van der Waals surface area contributed by atoms with E-state index in [1.807, 2.05) is 32.0 Å². The fraction of sp³-hybridized carbons (Fsp3) is 0.375. The van der Waals surface area contributed by atoms with Gasteiger partial charge in [0.1, 0.15) is 5.75 Å². The fourth-order valence-electron chi connectivity index (χ4n) is 2.26. The van der Waals surface area contributed by atoms with E-state index in [9.17, 15) is 0 Å². The van der Waals surface area contributed by atoms with Gasteiger partial charge in [-0.3, -0.25) is 15.8 Å². The maximum Gasteiger partial charge on any atom is 0.137 e. The van der Waals surface area contributed by atoms with Crippen LogP contribution in [0.3, 0.4) is 0 Å². The molecule has 112 valence electrons. The number of rotatable bonds is 6. The van der Waals surface area contributed by atoms with Crippen LogP contribution in [0.15, 0.2) is 30.6 Å². The summed E-state index contributed by atoms with van der Waals surface area (Å²) in [4.78, 5) is 8.73. The highest BCUT2D eigenvalue weighted by Crippen LogP contribution is 2.25. The molecular formula is C16H22N4O. The Balaban J connectivity index is 2.32. The zero-order valence-electron chi connectivity index (χ0n) is 12.8. The Bertz CT molecular complexity index is 601. The number of hydrogen-bond donors (Lipinski definition) is 2. The molecule has 1 unspecified atom stereocenters. The van der Waals surface area contributed by atoms with Gasteiger partial charge >= 0.3 is 0 Å². The van der Waals surface area contributed by atoms with E-state index in [4.69, 9.17) is 10.6 Å². The van der Waals surface area contributed by atoms with Gasteiger partial charge < -0.3 is 4.74 Å². The Kier molecular flexibility index (Phi) is 5.25. The van der Waals surface area contributed by atoms with Gasteiger partial charge in [0.25, 0.3) is 0 Å². The molecule has 21 heavy (non-hydrogen) atoms. The summed E-state index contributed by atoms with van der Waals surface area (Å²) in [5, 5.41) is 0. The predicted octanol–water partition coefficient (Wildman–Crippen LogP) is 2.43. The Morgan fingerprint density at radius 2 is 2.10 bits per heavy atom. The Morgan fingerprint density at radius 3 is 2.76 bits per heavy atom. The van der Waals surface area contributed by atoms with E-state index in [-0.39, 0.29) is 6.04 Å². The minimum absolute atomic E-state index is 0.157. The highest BCUT2D eigenvalue weighted by molar-refractivity contribution is 5.36. The normalized spacial score (nSPS) is 12.2. The van der Waals surface area contributed by atoms with Crippen molar-refractivity contribution in [1.82, 2.24) is 15.4 Å². The van der Waals surface area contributed by atoms with Crippen molar-refractivity contribution in [3.05, 3.63) is 53.1 Å². The number of nitrogens with one attached hydrogen (secondary N) is 1. The van der Waals surface area contributed by atoms with Crippen molar-refractivity contribution in [1.29, 1.82) is 0 Å². The first-order valence-corrected chi connectivity index (χ1v) is 7.13. The smallest absolute Gasteiger partial charge is 0.137 e. The largest absolute Gasteiger partial charge is 0.492 e. The van der Waals surface area contributed by atoms with Crippen LogP contribution in [0.2, 0.25) is 0 Å². The molecule has 5 nitrogen and oxygen atoms in total. The Morgan fingerprint density at radius 1 is 1.29 bits per heavy atom. The van der Waals surface area contributed by atoms with Crippen molar-refractivity contribution in [2.24, 2.45) is 5.84 Å². The lowest BCUT2D eigenvalue weighted by Crippen LogP contribution is -2.29. The third-order valence-corrected chi connectivity index (χ3v) is 3.28. The van der Waals surface area contributed by atoms with Crippen molar-refractivity contribution in [3.63, 3.8) is 0 Å². The molecule has 0 aliphatic carbocycles. The minimum atomic E-state index is -0.157. The molecule has 3 N–H and O–H groups in total. The molecule has 0 bridgehead atoms. The summed E-state index contributed by atoms with van der Waals surface area (Å²) >= 11 is 0. The SMILES string of the molecule is CCCOc1cncc(C(NN)c2ccc(C)nc2C)c1. The number of aryl methyl sites for hydroxylation is 2. The predicted molar refractivity (Wildman–Crippen MR) is 82.9 cm³/mol. The summed E-state index contributed by atoms with van der Waals surface area (Å²) in [6.45, 7) is 6.71. The number of hydrazine groups is 1. The van der Waals surface area contributed by atoms with Gasteiger partial charge in [0.2, 0.25) is 0 Å². The monoisotopic (exact) mass is 286 g/mol. The van der Waals surface area contributed by atoms with Crippen molar-refractivity contribution in [3.8, 4) is 5.75 Å². The topological polar surface area (TPSA) is 73.1 Å². The van der Waals surface area contributed by atoms with Gasteiger partial charge in [0, 0.05) is 17.6 Å². The highest BCUT2D eigenvalue weighted by Gasteiger charge is 2.16. The second kappa shape index (κ2) is 7.15. The van der Waals surface area contributed by atoms with Gasteiger partial charge in [-0.2, -0.15) is 0 Å². The Hall–Kier alpha value is -1.98. The molecule has 0 aromatic carbocycles. The third-order valence-electron chi connectivity index (χ3n) is 3.28. The molecule has 0 aliphatic rings. The fourth-order valence-corrected chi connectivity index (χ4v) is 2.26. The van der Waals surface area contributed by atoms with E-state index in [2.05, 4.69) is 22.3 Å². The molecule has 0 saturated carbocycles. The van der Waals surface area contributed by atoms with Crippen molar-refractivity contribution in [2.45, 2.75) is 33.2 Å². The van der Waals surface area contributed by atoms with Crippen LogP contribution in [0.4, 0.5) is 0 Å². The molecule has 0 fully saturated rings. The molecule has 0 saturated heterocycles. The lowest BCUT2D eigenvalue weighted by Gasteiger charge is -2.19. The zero-order chi connectivity index (χ0) is 15.2. The van der Waals surface area contributed by atoms with Crippen LogP contribution in [-0.2, 0) is 0 Å². The number of hydrogen-bond acceptors (Lipinski definition) is 5. The van der Waals surface area contributed by atoms with Crippen LogP contribution in [0.25, 0.3) is 0 Å². The van der Waals surface area contributed by atoms with Gasteiger partial charge in [-0.25, -0.2) is 5.43 Å². The molecule has 0 radical (unpaired) electrons. The summed E-state index contributed by atoms with van der Waals surface area (Å²) in [5.74, 6) is 6.50. The summed E-state index contributed by atoms with van der Waals surface area (Å²) in [7, 11) is 0. The van der Waals surface area contributed by atoms with Gasteiger partial charge in [0.15, 0.2) is 0 Å². The van der Waals surface area contributed by atoms with Gasteiger partial charge in [-0.05, 0) is 43.5 Å². The second-order valence-electron chi connectivity index (χ2n) is 5.03. The van der Waals surface area contributed by atoms with Gasteiger partial charge in [-0.1, -0.05) is 13.0 Å². The summed E-state index contributed by atoms with van der Waals surface area (Å²) < 4.78 is 5.63. The van der Waals surface area contributed by atoms with Gasteiger partial charge in [-0.15, -0.1) is 0 Å². The first-order valence-electron chi connectivity index (χ1n) is 7.13. The molecule has 0 aliphatic heterocycles. The van der Waals surface area contributed by atoms with Crippen LogP contribution in [0.1, 0.15) is 41.9 Å². The number of nitrogens with zero attached hydrogens (tertiary/aromatic N) is 2. The molecule has 2 aromatic heterocycles. The molecule has 2 heterocycles. The van der Waals surface area contributed by atoms with E-state index >= 15 is 0 Å². The quantitative estimate of drug-likeness (QED) is 0.630. The van der Waals surface area contributed by atoms with Crippen molar-refractivity contribution in [2.75, 3.05) is 6.61 Å². The van der Waals surface area contributed by atoms with Gasteiger partial charge in [0.05, 0.1) is 18.8 Å². The standard InChI is InChI=1S/C16H22N4O/c1-4-7-21-14-8-13(9-18-10-14)16(20-17)15-6-5-11(2)19-12(15)3/h5-6,8-10,16,20H,4,7,17H2,1-3H3. The van der Waals surface area contributed by atoms with Crippen LogP contribution in [0.5, 0.6) is 5.75 Å². The Labute approximate surface area is 125 Å². The van der Waals surface area contributed by atoms with E-state index in [0.717, 1.165) is 34.7 Å². The summed E-state index contributed by atoms with van der Waals surface area (Å²) in [6, 6.07) is 5.84. The van der Waals surface area contributed by atoms with Crippen LogP contribution < -0.4 is 16.0 Å². The lowest BCUT2D eigenvalue weighted by atomic mass is 9.99. The number of aromatic nitrogens is 2. The molecule has 2 rings (SSSR count). The van der Waals surface area contributed by atoms with Crippen LogP contribution in [-0.4, -0.2) is 16.6 Å². The average molecular weight is 286 g/mol. The number of nitrogens with two attached hydrogens (primary N) is 1. The van der Waals surface area contributed by atoms with E-state index < -0.39 is 0 Å². The molecule has 0 amide bonds. The van der Waals surface area contributed by atoms with E-state index in [1.54, 1.807) is 12.4 Å². The molecule has 0 spiro atoms. The summed E-state index contributed by atoms with van der Waals surface area (Å²) in [6.07, 6.45) is 4.47. The molecule has 1 atom stereocenters. The van der Waals surface area contributed by atoms with E-state index in [0.29, 0.717) is 6.61 Å². The molecule has 5 heteroatoms. The van der Waals surface area contributed by atoms with E-state index in [1.165, 1.54) is 0 Å². The first kappa shape index (κ1) is 15.4. The molecule has 2 aromatic rings.